The molecule has 0 aromatic carbocycles. The van der Waals surface area contributed by atoms with Crippen LogP contribution in [0.2, 0.25) is 0 Å². The summed E-state index contributed by atoms with van der Waals surface area (Å²) in [6, 6.07) is 0. The second kappa shape index (κ2) is 10.8. The van der Waals surface area contributed by atoms with Crippen molar-refractivity contribution in [1.82, 2.24) is 5.32 Å². The highest BCUT2D eigenvalue weighted by Gasteiger charge is 2.56. The summed E-state index contributed by atoms with van der Waals surface area (Å²) in [5.74, 6) is -5.20. The molecule has 0 aromatic rings. The number of hydrogen-bond donors (Lipinski definition) is 1. The van der Waals surface area contributed by atoms with E-state index in [2.05, 4.69) is 12.2 Å². The van der Waals surface area contributed by atoms with Gasteiger partial charge in [0.25, 0.3) is 0 Å². The number of amides is 1. The van der Waals surface area contributed by atoms with Crippen LogP contribution in [0.1, 0.15) is 64.2 Å². The van der Waals surface area contributed by atoms with Crippen LogP contribution in [-0.2, 0) is 4.79 Å². The SMILES string of the molecule is [CH2]CCCCCCCCNC(=O)CCCC(F)(F)C(F)(F)F. The van der Waals surface area contributed by atoms with Crippen LogP contribution in [0.15, 0.2) is 0 Å². The van der Waals surface area contributed by atoms with Gasteiger partial charge in [0.15, 0.2) is 0 Å². The van der Waals surface area contributed by atoms with E-state index in [1.165, 1.54) is 0 Å². The molecule has 0 bridgehead atoms. The van der Waals surface area contributed by atoms with Crippen molar-refractivity contribution in [2.45, 2.75) is 76.3 Å². The molecule has 0 saturated carbocycles. The fourth-order valence-electron chi connectivity index (χ4n) is 1.94. The van der Waals surface area contributed by atoms with Crippen molar-refractivity contribution in [3.63, 3.8) is 0 Å². The normalized spacial score (nSPS) is 12.5. The molecule has 131 valence electrons. The minimum Gasteiger partial charge on any atom is -0.356 e. The summed E-state index contributed by atoms with van der Waals surface area (Å²) in [4.78, 5) is 11.3. The molecule has 0 heterocycles. The van der Waals surface area contributed by atoms with E-state index in [-0.39, 0.29) is 6.42 Å². The summed E-state index contributed by atoms with van der Waals surface area (Å²) in [7, 11) is 0. The molecule has 2 nitrogen and oxygen atoms in total. The Labute approximate surface area is 128 Å². The largest absolute Gasteiger partial charge is 0.453 e. The van der Waals surface area contributed by atoms with E-state index >= 15 is 0 Å². The summed E-state index contributed by atoms with van der Waals surface area (Å²) in [5, 5.41) is 2.53. The van der Waals surface area contributed by atoms with Crippen LogP contribution < -0.4 is 5.32 Å². The van der Waals surface area contributed by atoms with E-state index in [0.29, 0.717) is 6.54 Å². The molecule has 1 amide bonds. The number of hydrogen-bond acceptors (Lipinski definition) is 1. The van der Waals surface area contributed by atoms with Gasteiger partial charge in [0, 0.05) is 19.4 Å². The lowest BCUT2D eigenvalue weighted by molar-refractivity contribution is -0.284. The van der Waals surface area contributed by atoms with Crippen LogP contribution in [0.5, 0.6) is 0 Å². The molecule has 0 atom stereocenters. The average Bonchev–Trinajstić information content (AvgIpc) is 2.40. The zero-order valence-corrected chi connectivity index (χ0v) is 12.8. The van der Waals surface area contributed by atoms with Crippen LogP contribution >= 0.6 is 0 Å². The van der Waals surface area contributed by atoms with Crippen molar-refractivity contribution >= 4 is 5.91 Å². The molecule has 1 radical (unpaired) electrons. The number of alkyl halides is 5. The molecular weight excluding hydrogens is 305 g/mol. The van der Waals surface area contributed by atoms with Crippen LogP contribution in [0.25, 0.3) is 0 Å². The lowest BCUT2D eigenvalue weighted by atomic mass is 10.1. The third kappa shape index (κ3) is 9.95. The van der Waals surface area contributed by atoms with Crippen LogP contribution in [0.4, 0.5) is 22.0 Å². The summed E-state index contributed by atoms with van der Waals surface area (Å²) in [6.07, 6.45) is -0.569. The third-order valence-corrected chi connectivity index (χ3v) is 3.31. The van der Waals surface area contributed by atoms with E-state index in [1.807, 2.05) is 0 Å². The maximum Gasteiger partial charge on any atom is 0.453 e. The Balaban J connectivity index is 3.55. The van der Waals surface area contributed by atoms with Gasteiger partial charge in [0.2, 0.25) is 5.91 Å². The van der Waals surface area contributed by atoms with Crippen molar-refractivity contribution in [3.8, 4) is 0 Å². The Morgan fingerprint density at radius 2 is 1.41 bits per heavy atom. The molecule has 0 aliphatic rings. The first-order valence-electron chi connectivity index (χ1n) is 7.71. The van der Waals surface area contributed by atoms with Gasteiger partial charge in [0.1, 0.15) is 0 Å². The van der Waals surface area contributed by atoms with Crippen molar-refractivity contribution in [3.05, 3.63) is 6.92 Å². The Morgan fingerprint density at radius 3 is 1.95 bits per heavy atom. The van der Waals surface area contributed by atoms with Gasteiger partial charge in [-0.3, -0.25) is 4.79 Å². The van der Waals surface area contributed by atoms with E-state index < -0.39 is 30.8 Å². The summed E-state index contributed by atoms with van der Waals surface area (Å²) < 4.78 is 60.9. The minimum absolute atomic E-state index is 0.310. The Bertz CT molecular complexity index is 305. The molecular formula is C15H25F5NO. The van der Waals surface area contributed by atoms with Gasteiger partial charge in [-0.1, -0.05) is 45.4 Å². The number of nitrogens with one attached hydrogen (secondary N) is 1. The van der Waals surface area contributed by atoms with E-state index in [1.54, 1.807) is 0 Å². The molecule has 1 N–H and O–H groups in total. The number of carbonyl (C=O) groups excluding carboxylic acids is 1. The monoisotopic (exact) mass is 330 g/mol. The zero-order chi connectivity index (χ0) is 17.1. The van der Waals surface area contributed by atoms with Gasteiger partial charge in [-0.25, -0.2) is 0 Å². The molecule has 22 heavy (non-hydrogen) atoms. The molecule has 0 spiro atoms. The van der Waals surface area contributed by atoms with E-state index in [9.17, 15) is 26.7 Å². The number of carbonyl (C=O) groups is 1. The Hall–Kier alpha value is -0.880. The summed E-state index contributed by atoms with van der Waals surface area (Å²) in [6.45, 7) is 4.18. The standard InChI is InChI=1S/C15H25F5NO/c1-2-3-4-5-6-7-8-12-21-13(22)10-9-11-14(16,17)15(18,19)20/h1-12H2,(H,21,22). The van der Waals surface area contributed by atoms with Gasteiger partial charge in [-0.15, -0.1) is 0 Å². The molecule has 0 aliphatic heterocycles. The van der Waals surface area contributed by atoms with Crippen LogP contribution in [0.3, 0.4) is 0 Å². The molecule has 0 unspecified atom stereocenters. The molecule has 0 aromatic heterocycles. The number of halogens is 5. The Kier molecular flexibility index (Phi) is 10.3. The van der Waals surface area contributed by atoms with Crippen molar-refractivity contribution < 1.29 is 26.7 Å². The average molecular weight is 330 g/mol. The first kappa shape index (κ1) is 21.1. The second-order valence-corrected chi connectivity index (χ2v) is 5.38. The fourth-order valence-corrected chi connectivity index (χ4v) is 1.94. The highest BCUT2D eigenvalue weighted by Crippen LogP contribution is 2.38. The maximum absolute atomic E-state index is 12.6. The van der Waals surface area contributed by atoms with Crippen molar-refractivity contribution in [1.29, 1.82) is 0 Å². The topological polar surface area (TPSA) is 29.1 Å². The predicted molar refractivity (Wildman–Crippen MR) is 75.5 cm³/mol. The molecule has 0 fully saturated rings. The lowest BCUT2D eigenvalue weighted by Crippen LogP contribution is -2.36. The van der Waals surface area contributed by atoms with Crippen LogP contribution in [-0.4, -0.2) is 24.6 Å². The first-order chi connectivity index (χ1) is 10.2. The highest BCUT2D eigenvalue weighted by molar-refractivity contribution is 5.75. The molecule has 7 heteroatoms. The molecule has 0 rings (SSSR count). The highest BCUT2D eigenvalue weighted by atomic mass is 19.4. The predicted octanol–water partition coefficient (Wildman–Crippen LogP) is 5.04. The smallest absolute Gasteiger partial charge is 0.356 e. The molecule has 0 aliphatic carbocycles. The lowest BCUT2D eigenvalue weighted by Gasteiger charge is -2.19. The van der Waals surface area contributed by atoms with Gasteiger partial charge in [-0.2, -0.15) is 22.0 Å². The quantitative estimate of drug-likeness (QED) is 0.394. The van der Waals surface area contributed by atoms with Gasteiger partial charge in [0.05, 0.1) is 0 Å². The first-order valence-corrected chi connectivity index (χ1v) is 7.71. The number of rotatable bonds is 12. The third-order valence-electron chi connectivity index (χ3n) is 3.31. The Morgan fingerprint density at radius 1 is 0.864 bits per heavy atom. The van der Waals surface area contributed by atoms with Gasteiger partial charge >= 0.3 is 12.1 Å². The van der Waals surface area contributed by atoms with Crippen molar-refractivity contribution in [2.75, 3.05) is 6.54 Å². The van der Waals surface area contributed by atoms with Crippen LogP contribution in [0, 0.1) is 6.92 Å². The summed E-state index contributed by atoms with van der Waals surface area (Å²) >= 11 is 0. The zero-order valence-electron chi connectivity index (χ0n) is 12.8. The maximum atomic E-state index is 12.6. The summed E-state index contributed by atoms with van der Waals surface area (Å²) in [5.41, 5.74) is 0. The number of unbranched alkanes of at least 4 members (excludes halogenated alkanes) is 6. The minimum atomic E-state index is -5.54. The fraction of sp³-hybridized carbons (Fsp3) is 0.867. The van der Waals surface area contributed by atoms with E-state index in [0.717, 1.165) is 44.9 Å². The van der Waals surface area contributed by atoms with E-state index in [4.69, 9.17) is 0 Å². The van der Waals surface area contributed by atoms with Gasteiger partial charge in [-0.05, 0) is 12.8 Å². The van der Waals surface area contributed by atoms with Gasteiger partial charge < -0.3 is 5.32 Å². The second-order valence-electron chi connectivity index (χ2n) is 5.38. The van der Waals surface area contributed by atoms with Crippen molar-refractivity contribution in [2.24, 2.45) is 0 Å². The molecule has 0 saturated heterocycles.